The third-order valence-electron chi connectivity index (χ3n) is 7.40. The number of rotatable bonds is 22. The number of hydrogen-bond donors (Lipinski definition) is 3. The van der Waals surface area contributed by atoms with Gasteiger partial charge < -0.3 is 24.2 Å². The number of nitrogens with zero attached hydrogens (tertiary/aromatic N) is 1. The molecule has 2 rings (SSSR count). The van der Waals surface area contributed by atoms with E-state index in [2.05, 4.69) is 73.0 Å². The summed E-state index contributed by atoms with van der Waals surface area (Å²) in [5.74, 6) is -0.112. The van der Waals surface area contributed by atoms with E-state index in [1.165, 1.54) is 7.11 Å². The predicted molar refractivity (Wildman–Crippen MR) is 182 cm³/mol. The molecule has 1 fully saturated rings. The Hall–Kier alpha value is -3.15. The first-order valence-corrected chi connectivity index (χ1v) is 17.9. The van der Waals surface area contributed by atoms with Gasteiger partial charge in [0.15, 0.2) is 11.9 Å². The van der Waals surface area contributed by atoms with Gasteiger partial charge in [-0.2, -0.15) is 0 Å². The van der Waals surface area contributed by atoms with E-state index in [-0.39, 0.29) is 18.6 Å². The summed E-state index contributed by atoms with van der Waals surface area (Å²) in [6, 6.07) is 1.03. The molecule has 5 atom stereocenters. The van der Waals surface area contributed by atoms with Gasteiger partial charge in [-0.15, -0.1) is 0 Å². The Morgan fingerprint density at radius 3 is 2.23 bits per heavy atom. The Morgan fingerprint density at radius 1 is 1.06 bits per heavy atom. The number of carbonyl (C=O) groups excluding carboxylic acids is 1. The maximum absolute atomic E-state index is 15.4. The van der Waals surface area contributed by atoms with Crippen molar-refractivity contribution in [1.82, 2.24) is 14.9 Å². The number of nitrogens with one attached hydrogen (secondary N) is 2. The molecule has 11 nitrogen and oxygen atoms in total. The SMILES string of the molecule is CC/C=C\C/C=C\C/C=C\C/C=C\C/C=C\CCCC(=O)NCCCP(=O)(OC)OC[C@H]1O[C@@H](n2ccc(=O)[nH]c2=O)[C@](C)(F)[C@@H]1O. The number of ether oxygens (including phenoxy) is 1. The fourth-order valence-electron chi connectivity index (χ4n) is 4.70. The molecule has 0 radical (unpaired) electrons. The van der Waals surface area contributed by atoms with Crippen molar-refractivity contribution in [3.8, 4) is 0 Å². The number of amides is 1. The number of aromatic amines is 1. The minimum Gasteiger partial charge on any atom is -0.387 e. The van der Waals surface area contributed by atoms with Crippen LogP contribution >= 0.6 is 7.60 Å². The van der Waals surface area contributed by atoms with E-state index in [1.54, 1.807) is 0 Å². The smallest absolute Gasteiger partial charge is 0.330 e. The molecule has 13 heteroatoms. The first kappa shape index (κ1) is 40.0. The first-order valence-electron chi connectivity index (χ1n) is 16.2. The molecule has 1 aliphatic rings. The highest BCUT2D eigenvalue weighted by atomic mass is 31.2. The number of carbonyl (C=O) groups is 1. The lowest BCUT2D eigenvalue weighted by molar-refractivity contribution is -0.121. The Kier molecular flexibility index (Phi) is 18.5. The van der Waals surface area contributed by atoms with Crippen molar-refractivity contribution in [2.75, 3.05) is 26.4 Å². The Balaban J connectivity index is 1.60. The lowest BCUT2D eigenvalue weighted by atomic mass is 9.98. The predicted octanol–water partition coefficient (Wildman–Crippen LogP) is 5.81. The molecule has 262 valence electrons. The lowest BCUT2D eigenvalue weighted by Crippen LogP contribution is -2.43. The molecule has 1 aliphatic heterocycles. The van der Waals surface area contributed by atoms with Gasteiger partial charge in [0, 0.05) is 32.3 Å². The van der Waals surface area contributed by atoms with E-state index < -0.39 is 49.6 Å². The maximum Gasteiger partial charge on any atom is 0.330 e. The monoisotopic (exact) mass is 679 g/mol. The summed E-state index contributed by atoms with van der Waals surface area (Å²) >= 11 is 0. The van der Waals surface area contributed by atoms with Crippen LogP contribution in [-0.4, -0.2) is 64.9 Å². The highest BCUT2D eigenvalue weighted by molar-refractivity contribution is 7.53. The van der Waals surface area contributed by atoms with E-state index in [9.17, 15) is 24.1 Å². The van der Waals surface area contributed by atoms with E-state index in [0.717, 1.165) is 62.3 Å². The van der Waals surface area contributed by atoms with Gasteiger partial charge in [-0.25, -0.2) is 9.18 Å². The molecule has 1 aromatic heterocycles. The van der Waals surface area contributed by atoms with Crippen LogP contribution in [0.2, 0.25) is 0 Å². The minimum absolute atomic E-state index is 0.0255. The van der Waals surface area contributed by atoms with E-state index >= 15 is 4.39 Å². The molecule has 3 N–H and O–H groups in total. The zero-order valence-electron chi connectivity index (χ0n) is 27.7. The molecule has 0 aromatic carbocycles. The van der Waals surface area contributed by atoms with Gasteiger partial charge in [0.05, 0.1) is 12.8 Å². The number of aliphatic hydroxyl groups excluding tert-OH is 1. The third-order valence-corrected chi connectivity index (χ3v) is 9.36. The molecular weight excluding hydrogens is 628 g/mol. The van der Waals surface area contributed by atoms with Crippen LogP contribution in [0.3, 0.4) is 0 Å². The Bertz CT molecular complexity index is 1400. The highest BCUT2D eigenvalue weighted by Gasteiger charge is 2.55. The first-order chi connectivity index (χ1) is 22.5. The highest BCUT2D eigenvalue weighted by Crippen LogP contribution is 2.49. The summed E-state index contributed by atoms with van der Waals surface area (Å²) in [4.78, 5) is 37.7. The van der Waals surface area contributed by atoms with Crippen LogP contribution in [0.25, 0.3) is 0 Å². The fraction of sp³-hybridized carbons (Fsp3) is 0.559. The summed E-state index contributed by atoms with van der Waals surface area (Å²) in [6.07, 6.45) is 24.9. The maximum atomic E-state index is 15.4. The number of aromatic nitrogens is 2. The van der Waals surface area contributed by atoms with Gasteiger partial charge in [-0.1, -0.05) is 67.7 Å². The normalized spacial score (nSPS) is 23.2. The molecule has 1 amide bonds. The molecular formula is C34H51FN3O8P. The van der Waals surface area contributed by atoms with E-state index in [0.29, 0.717) is 19.3 Å². The largest absolute Gasteiger partial charge is 0.387 e. The number of aliphatic hydroxyl groups is 1. The van der Waals surface area contributed by atoms with Crippen LogP contribution < -0.4 is 16.6 Å². The number of unbranched alkanes of at least 4 members (excludes halogenated alkanes) is 1. The number of hydrogen-bond acceptors (Lipinski definition) is 8. The molecule has 1 aromatic rings. The molecule has 0 saturated carbocycles. The molecule has 47 heavy (non-hydrogen) atoms. The summed E-state index contributed by atoms with van der Waals surface area (Å²) in [5, 5.41) is 13.3. The molecule has 2 heterocycles. The second kappa shape index (κ2) is 21.7. The van der Waals surface area contributed by atoms with Crippen molar-refractivity contribution < 1.29 is 32.6 Å². The molecule has 0 spiro atoms. The second-order valence-electron chi connectivity index (χ2n) is 11.3. The average Bonchev–Trinajstić information content (AvgIpc) is 3.27. The van der Waals surface area contributed by atoms with Crippen LogP contribution in [0.15, 0.2) is 82.6 Å². The van der Waals surface area contributed by atoms with Crippen LogP contribution in [0.4, 0.5) is 4.39 Å². The quantitative estimate of drug-likeness (QED) is 0.0791. The lowest BCUT2D eigenvalue weighted by Gasteiger charge is -2.24. The summed E-state index contributed by atoms with van der Waals surface area (Å²) in [6.45, 7) is 2.98. The summed E-state index contributed by atoms with van der Waals surface area (Å²) in [5.41, 5.74) is -3.98. The van der Waals surface area contributed by atoms with Crippen LogP contribution in [0, 0.1) is 0 Å². The van der Waals surface area contributed by atoms with Crippen molar-refractivity contribution in [2.45, 2.75) is 95.7 Å². The number of alkyl halides is 1. The van der Waals surface area contributed by atoms with Crippen molar-refractivity contribution in [1.29, 1.82) is 0 Å². The van der Waals surface area contributed by atoms with Crippen LogP contribution in [0.5, 0.6) is 0 Å². The van der Waals surface area contributed by atoms with Crippen molar-refractivity contribution >= 4 is 13.5 Å². The molecule has 0 aliphatic carbocycles. The van der Waals surface area contributed by atoms with Gasteiger partial charge in [-0.05, 0) is 58.3 Å². The fourth-order valence-corrected chi connectivity index (χ4v) is 6.03. The zero-order valence-corrected chi connectivity index (χ0v) is 28.6. The summed E-state index contributed by atoms with van der Waals surface area (Å²) < 4.78 is 45.3. The topological polar surface area (TPSA) is 149 Å². The standard InChI is InChI=1S/C34H51FN3O8P/c1-4-5-6-7-8-9-10-11-12-13-14-15-16-17-18-19-20-22-29(39)36-24-21-26-47(43,44-3)45-27-28-31(41)34(2,35)32(46-28)38-25-23-30(40)37-33(38)42/h5-6,8-9,11-12,14-15,17-18,23,25,28,31-32,41H,4,7,10,13,16,19-22,24,26-27H2,1-3H3,(H,36,39)(H,37,40,42)/b6-5-,9-8-,12-11-,15-14-,18-17-/t28-,31-,32-,34-,47?/m1/s1. The second-order valence-corrected chi connectivity index (χ2v) is 13.5. The summed E-state index contributed by atoms with van der Waals surface area (Å²) in [7, 11) is -2.44. The molecule has 1 unspecified atom stereocenters. The number of H-pyrrole nitrogens is 1. The molecule has 0 bridgehead atoms. The average molecular weight is 680 g/mol. The van der Waals surface area contributed by atoms with Crippen molar-refractivity contribution in [3.63, 3.8) is 0 Å². The molecule has 1 saturated heterocycles. The van der Waals surface area contributed by atoms with Gasteiger partial charge in [0.25, 0.3) is 5.56 Å². The third kappa shape index (κ3) is 14.7. The zero-order chi connectivity index (χ0) is 34.5. The Morgan fingerprint density at radius 2 is 1.66 bits per heavy atom. The van der Waals surface area contributed by atoms with Crippen LogP contribution in [0.1, 0.15) is 77.9 Å². The van der Waals surface area contributed by atoms with Crippen LogP contribution in [-0.2, 0) is 23.1 Å². The van der Waals surface area contributed by atoms with E-state index in [4.69, 9.17) is 13.8 Å². The number of allylic oxidation sites excluding steroid dienone is 10. The minimum atomic E-state index is -3.65. The van der Waals surface area contributed by atoms with Gasteiger partial charge in [-0.3, -0.25) is 23.7 Å². The number of halogens is 1. The Labute approximate surface area is 276 Å². The van der Waals surface area contributed by atoms with Gasteiger partial charge in [0.2, 0.25) is 5.91 Å². The van der Waals surface area contributed by atoms with E-state index in [1.807, 2.05) is 4.98 Å². The van der Waals surface area contributed by atoms with Crippen molar-refractivity contribution in [3.05, 3.63) is 93.9 Å². The van der Waals surface area contributed by atoms with Gasteiger partial charge in [0.1, 0.15) is 12.2 Å². The van der Waals surface area contributed by atoms with Crippen molar-refractivity contribution in [2.24, 2.45) is 0 Å². The van der Waals surface area contributed by atoms with Gasteiger partial charge >= 0.3 is 13.3 Å².